The molecule has 2 fully saturated rings. The van der Waals surface area contributed by atoms with E-state index in [1.165, 1.54) is 6.07 Å². The van der Waals surface area contributed by atoms with Crippen LogP contribution in [0.1, 0.15) is 101 Å². The average Bonchev–Trinajstić information content (AvgIpc) is 2.95. The number of aryl methyl sites for hydroxylation is 1. The highest BCUT2D eigenvalue weighted by atomic mass is 19.1. The summed E-state index contributed by atoms with van der Waals surface area (Å²) in [5, 5.41) is 3.17. The topological polar surface area (TPSA) is 75.7 Å². The van der Waals surface area contributed by atoms with Gasteiger partial charge in [-0.1, -0.05) is 57.9 Å². The Morgan fingerprint density at radius 2 is 1.74 bits per heavy atom. The first-order valence-corrected chi connectivity index (χ1v) is 15.6. The normalized spacial score (nSPS) is 22.9. The predicted molar refractivity (Wildman–Crippen MR) is 164 cm³/mol. The van der Waals surface area contributed by atoms with Crippen LogP contribution in [0.5, 0.6) is 0 Å². The van der Waals surface area contributed by atoms with Gasteiger partial charge in [-0.3, -0.25) is 14.4 Å². The standard InChI is InChI=1S/C35H47FN2O4/c1-6-42-30(39)20-17-24-15-18-25(19-16-24)32-28(33(40)37-27-12-8-11-26(22-27)35(3,4)5)13-9-21-38(32)34(41)31-23(2)10-7-14-29(31)36/h7-8,10-12,14,22,24-25,28,32H,6,9,13,15-21H2,1-5H3,(H,37,40)/t24?,25?,28-,32-/m0/s1. The molecule has 1 saturated carbocycles. The van der Waals surface area contributed by atoms with Gasteiger partial charge in [-0.25, -0.2) is 4.39 Å². The zero-order chi connectivity index (χ0) is 30.4. The SMILES string of the molecule is CCOC(=O)CCC1CCC([C@H]2[C@@H](C(=O)Nc3cccc(C(C)(C)C)c3)CCCN2C(=O)c2c(C)cccc2F)CC1. The van der Waals surface area contributed by atoms with Crippen molar-refractivity contribution in [3.63, 3.8) is 0 Å². The number of hydrogen-bond donors (Lipinski definition) is 1. The highest BCUT2D eigenvalue weighted by Crippen LogP contribution is 2.41. The lowest BCUT2D eigenvalue weighted by molar-refractivity contribution is -0.143. The van der Waals surface area contributed by atoms with Crippen molar-refractivity contribution in [1.29, 1.82) is 0 Å². The van der Waals surface area contributed by atoms with E-state index in [1.54, 1.807) is 24.0 Å². The van der Waals surface area contributed by atoms with Crippen molar-refractivity contribution in [3.05, 3.63) is 65.0 Å². The Kier molecular flexibility index (Phi) is 10.4. The third-order valence-electron chi connectivity index (χ3n) is 9.15. The van der Waals surface area contributed by atoms with Gasteiger partial charge in [0.25, 0.3) is 5.91 Å². The summed E-state index contributed by atoms with van der Waals surface area (Å²) in [6.45, 7) is 10.9. The van der Waals surface area contributed by atoms with E-state index in [0.717, 1.165) is 43.4 Å². The quantitative estimate of drug-likeness (QED) is 0.330. The van der Waals surface area contributed by atoms with Gasteiger partial charge in [0.1, 0.15) is 5.82 Å². The molecule has 2 atom stereocenters. The third kappa shape index (κ3) is 7.59. The van der Waals surface area contributed by atoms with Crippen LogP contribution in [0.25, 0.3) is 0 Å². The molecule has 0 unspecified atom stereocenters. The summed E-state index contributed by atoms with van der Waals surface area (Å²) in [6.07, 6.45) is 6.17. The van der Waals surface area contributed by atoms with Crippen molar-refractivity contribution in [3.8, 4) is 0 Å². The van der Waals surface area contributed by atoms with Crippen LogP contribution in [0.15, 0.2) is 42.5 Å². The summed E-state index contributed by atoms with van der Waals surface area (Å²) in [6, 6.07) is 12.4. The molecule has 0 aromatic heterocycles. The Hall–Kier alpha value is -3.22. The van der Waals surface area contributed by atoms with E-state index in [4.69, 9.17) is 4.74 Å². The number of halogens is 1. The molecule has 1 aliphatic heterocycles. The minimum atomic E-state index is -0.521. The second-order valence-corrected chi connectivity index (χ2v) is 13.1. The molecule has 0 radical (unpaired) electrons. The van der Waals surface area contributed by atoms with Crippen molar-refractivity contribution in [1.82, 2.24) is 4.90 Å². The van der Waals surface area contributed by atoms with Crippen LogP contribution in [-0.2, 0) is 19.7 Å². The number of nitrogens with one attached hydrogen (secondary N) is 1. The third-order valence-corrected chi connectivity index (χ3v) is 9.15. The van der Waals surface area contributed by atoms with Gasteiger partial charge in [0.15, 0.2) is 0 Å². The molecule has 0 bridgehead atoms. The van der Waals surface area contributed by atoms with Crippen LogP contribution in [0.3, 0.4) is 0 Å². The summed E-state index contributed by atoms with van der Waals surface area (Å²) >= 11 is 0. The lowest BCUT2D eigenvalue weighted by Gasteiger charge is -2.46. The first kappa shape index (κ1) is 31.7. The summed E-state index contributed by atoms with van der Waals surface area (Å²) in [5.74, 6) is -0.945. The van der Waals surface area contributed by atoms with Crippen LogP contribution in [0.4, 0.5) is 10.1 Å². The molecule has 1 saturated heterocycles. The zero-order valence-corrected chi connectivity index (χ0v) is 25.9. The van der Waals surface area contributed by atoms with Gasteiger partial charge in [0.05, 0.1) is 18.1 Å². The van der Waals surface area contributed by atoms with Gasteiger partial charge < -0.3 is 15.0 Å². The largest absolute Gasteiger partial charge is 0.466 e. The number of carbonyl (C=O) groups excluding carboxylic acids is 3. The van der Waals surface area contributed by atoms with Crippen LogP contribution in [0.2, 0.25) is 0 Å². The van der Waals surface area contributed by atoms with Gasteiger partial charge in [-0.2, -0.15) is 0 Å². The Morgan fingerprint density at radius 1 is 1.02 bits per heavy atom. The lowest BCUT2D eigenvalue weighted by atomic mass is 9.71. The van der Waals surface area contributed by atoms with Crippen LogP contribution < -0.4 is 5.32 Å². The maximum absolute atomic E-state index is 15.0. The average molecular weight is 579 g/mol. The van der Waals surface area contributed by atoms with E-state index in [9.17, 15) is 18.8 Å². The van der Waals surface area contributed by atoms with Gasteiger partial charge in [0, 0.05) is 24.7 Å². The van der Waals surface area contributed by atoms with Crippen molar-refractivity contribution in [2.45, 2.75) is 97.4 Å². The predicted octanol–water partition coefficient (Wildman–Crippen LogP) is 7.44. The van der Waals surface area contributed by atoms with E-state index in [2.05, 4.69) is 32.2 Å². The maximum atomic E-state index is 15.0. The lowest BCUT2D eigenvalue weighted by Crippen LogP contribution is -2.55. The summed E-state index contributed by atoms with van der Waals surface area (Å²) < 4.78 is 20.1. The van der Waals surface area contributed by atoms with Gasteiger partial charge in [-0.15, -0.1) is 0 Å². The minimum Gasteiger partial charge on any atom is -0.466 e. The van der Waals surface area contributed by atoms with Crippen molar-refractivity contribution >= 4 is 23.5 Å². The fourth-order valence-electron chi connectivity index (χ4n) is 6.84. The molecule has 2 aliphatic rings. The highest BCUT2D eigenvalue weighted by molar-refractivity contribution is 5.98. The number of rotatable bonds is 8. The number of nitrogens with zero attached hydrogens (tertiary/aromatic N) is 1. The molecule has 7 heteroatoms. The number of anilines is 1. The van der Waals surface area contributed by atoms with E-state index >= 15 is 0 Å². The Balaban J connectivity index is 1.57. The first-order valence-electron chi connectivity index (χ1n) is 15.6. The Morgan fingerprint density at radius 3 is 2.40 bits per heavy atom. The van der Waals surface area contributed by atoms with Crippen molar-refractivity contribution in [2.75, 3.05) is 18.5 Å². The van der Waals surface area contributed by atoms with E-state index in [0.29, 0.717) is 43.9 Å². The summed E-state index contributed by atoms with van der Waals surface area (Å²) in [4.78, 5) is 41.6. The number of ether oxygens (including phenoxy) is 1. The highest BCUT2D eigenvalue weighted by Gasteiger charge is 2.44. The number of piperidine rings is 1. The van der Waals surface area contributed by atoms with Crippen LogP contribution in [-0.4, -0.2) is 41.9 Å². The molecule has 1 N–H and O–H groups in total. The molecule has 2 aromatic rings. The molecular weight excluding hydrogens is 531 g/mol. The van der Waals surface area contributed by atoms with Gasteiger partial charge in [-0.05, 0) is 92.5 Å². The fourth-order valence-corrected chi connectivity index (χ4v) is 6.84. The molecule has 228 valence electrons. The van der Waals surface area contributed by atoms with E-state index in [1.807, 2.05) is 25.1 Å². The molecule has 4 rings (SSSR count). The Labute approximate surface area is 250 Å². The first-order chi connectivity index (χ1) is 20.0. The van der Waals surface area contributed by atoms with Crippen molar-refractivity contribution in [2.24, 2.45) is 17.8 Å². The number of likely N-dealkylation sites (tertiary alicyclic amines) is 1. The molecular formula is C35H47FN2O4. The fraction of sp³-hybridized carbons (Fsp3) is 0.571. The molecule has 42 heavy (non-hydrogen) atoms. The number of carbonyl (C=O) groups is 3. The summed E-state index contributed by atoms with van der Waals surface area (Å²) in [7, 11) is 0. The molecule has 2 amide bonds. The van der Waals surface area contributed by atoms with Crippen LogP contribution in [0, 0.1) is 30.5 Å². The number of benzene rings is 2. The van der Waals surface area contributed by atoms with E-state index in [-0.39, 0.29) is 40.7 Å². The number of hydrogen-bond acceptors (Lipinski definition) is 4. The smallest absolute Gasteiger partial charge is 0.305 e. The van der Waals surface area contributed by atoms with Crippen molar-refractivity contribution < 1.29 is 23.5 Å². The summed E-state index contributed by atoms with van der Waals surface area (Å²) in [5.41, 5.74) is 2.54. The minimum absolute atomic E-state index is 0.0547. The molecule has 2 aromatic carbocycles. The van der Waals surface area contributed by atoms with E-state index < -0.39 is 11.7 Å². The maximum Gasteiger partial charge on any atom is 0.305 e. The monoisotopic (exact) mass is 578 g/mol. The second kappa shape index (κ2) is 13.8. The zero-order valence-electron chi connectivity index (χ0n) is 25.9. The molecule has 1 heterocycles. The second-order valence-electron chi connectivity index (χ2n) is 13.1. The van der Waals surface area contributed by atoms with Crippen LogP contribution >= 0.6 is 0 Å². The van der Waals surface area contributed by atoms with Gasteiger partial charge in [0.2, 0.25) is 5.91 Å². The number of esters is 1. The molecule has 0 spiro atoms. The Bertz CT molecular complexity index is 1240. The molecule has 6 nitrogen and oxygen atoms in total. The van der Waals surface area contributed by atoms with Gasteiger partial charge >= 0.3 is 5.97 Å². The number of amides is 2. The molecule has 1 aliphatic carbocycles.